The number of carbonyl (C=O) groups excluding carboxylic acids is 2. The van der Waals surface area contributed by atoms with Crippen molar-refractivity contribution in [2.24, 2.45) is 0 Å². The van der Waals surface area contributed by atoms with Gasteiger partial charge in [0.1, 0.15) is 0 Å². The maximum absolute atomic E-state index is 12.5. The highest BCUT2D eigenvalue weighted by atomic mass is 32.2. The van der Waals surface area contributed by atoms with Crippen molar-refractivity contribution in [3.05, 3.63) is 59.7 Å². The van der Waals surface area contributed by atoms with E-state index in [0.29, 0.717) is 22.2 Å². The normalized spacial score (nSPS) is 11.8. The Kier molecular flexibility index (Phi) is 6.26. The zero-order valence-electron chi connectivity index (χ0n) is 16.0. The van der Waals surface area contributed by atoms with E-state index in [4.69, 9.17) is 0 Å². The first kappa shape index (κ1) is 19.8. The van der Waals surface area contributed by atoms with Crippen LogP contribution in [0.1, 0.15) is 36.7 Å². The number of thioether (sulfide) groups is 1. The first-order valence-electron chi connectivity index (χ1n) is 9.06. The molecule has 0 saturated carbocycles. The number of aromatic amines is 1. The summed E-state index contributed by atoms with van der Waals surface area (Å²) in [6.07, 6.45) is 0.986. The number of hydrogen-bond acceptors (Lipinski definition) is 5. The van der Waals surface area contributed by atoms with Crippen molar-refractivity contribution < 1.29 is 9.59 Å². The maximum Gasteiger partial charge on any atom is 0.237 e. The lowest BCUT2D eigenvalue weighted by molar-refractivity contribution is -0.115. The number of nitrogens with zero attached hydrogens (tertiary/aromatic N) is 2. The number of H-pyrrole nitrogens is 1. The lowest BCUT2D eigenvalue weighted by Crippen LogP contribution is -2.22. The van der Waals surface area contributed by atoms with Gasteiger partial charge in [-0.05, 0) is 38.0 Å². The summed E-state index contributed by atoms with van der Waals surface area (Å²) in [7, 11) is 0. The Hall–Kier alpha value is -2.93. The van der Waals surface area contributed by atoms with Gasteiger partial charge < -0.3 is 5.32 Å². The molecule has 144 valence electrons. The molecule has 0 aliphatic rings. The SMILES string of the molecule is CCc1ccc(-c2nc(SC(C)C(=O)Nc3cccc(C(C)=O)c3)n[nH]2)cc1. The number of hydrogen-bond donors (Lipinski definition) is 2. The molecule has 3 aromatic rings. The van der Waals surface area contributed by atoms with Crippen LogP contribution < -0.4 is 5.32 Å². The van der Waals surface area contributed by atoms with E-state index in [-0.39, 0.29) is 11.7 Å². The maximum atomic E-state index is 12.5. The van der Waals surface area contributed by atoms with Crippen LogP contribution in [0.4, 0.5) is 5.69 Å². The summed E-state index contributed by atoms with van der Waals surface area (Å²) in [6.45, 7) is 5.40. The van der Waals surface area contributed by atoms with Crippen LogP contribution in [0.25, 0.3) is 11.4 Å². The number of amides is 1. The van der Waals surface area contributed by atoms with E-state index < -0.39 is 5.25 Å². The number of ketones is 1. The Morgan fingerprint density at radius 2 is 1.93 bits per heavy atom. The van der Waals surface area contributed by atoms with Crippen molar-refractivity contribution in [2.45, 2.75) is 37.6 Å². The first-order valence-corrected chi connectivity index (χ1v) is 9.94. The van der Waals surface area contributed by atoms with Crippen LogP contribution in [0, 0.1) is 0 Å². The van der Waals surface area contributed by atoms with Crippen LogP contribution in [-0.2, 0) is 11.2 Å². The number of aryl methyl sites for hydroxylation is 1. The molecule has 1 amide bonds. The molecule has 0 aliphatic carbocycles. The molecule has 1 unspecified atom stereocenters. The summed E-state index contributed by atoms with van der Waals surface area (Å²) in [5.41, 5.74) is 3.37. The molecule has 6 nitrogen and oxygen atoms in total. The van der Waals surface area contributed by atoms with Gasteiger partial charge in [-0.2, -0.15) is 0 Å². The second kappa shape index (κ2) is 8.84. The van der Waals surface area contributed by atoms with Crippen molar-refractivity contribution in [1.82, 2.24) is 15.2 Å². The molecule has 1 atom stereocenters. The van der Waals surface area contributed by atoms with Gasteiger partial charge in [-0.25, -0.2) is 4.98 Å². The minimum Gasteiger partial charge on any atom is -0.325 e. The molecule has 0 spiro atoms. The number of aromatic nitrogens is 3. The Labute approximate surface area is 168 Å². The molecule has 1 aromatic heterocycles. The quantitative estimate of drug-likeness (QED) is 0.459. The molecule has 3 rings (SSSR count). The third kappa shape index (κ3) is 4.86. The van der Waals surface area contributed by atoms with Crippen LogP contribution in [0.5, 0.6) is 0 Å². The Bertz CT molecular complexity index is 982. The average Bonchev–Trinajstić information content (AvgIpc) is 3.16. The number of benzene rings is 2. The summed E-state index contributed by atoms with van der Waals surface area (Å²) in [4.78, 5) is 28.4. The van der Waals surface area contributed by atoms with E-state index in [1.165, 1.54) is 24.2 Å². The molecule has 0 radical (unpaired) electrons. The number of nitrogens with one attached hydrogen (secondary N) is 2. The van der Waals surface area contributed by atoms with E-state index >= 15 is 0 Å². The van der Waals surface area contributed by atoms with Gasteiger partial charge in [-0.3, -0.25) is 14.7 Å². The van der Waals surface area contributed by atoms with E-state index in [9.17, 15) is 9.59 Å². The number of anilines is 1. The lowest BCUT2D eigenvalue weighted by atomic mass is 10.1. The van der Waals surface area contributed by atoms with Crippen molar-refractivity contribution in [3.8, 4) is 11.4 Å². The Balaban J connectivity index is 1.63. The van der Waals surface area contributed by atoms with Crippen molar-refractivity contribution >= 4 is 29.1 Å². The fourth-order valence-electron chi connectivity index (χ4n) is 2.60. The highest BCUT2D eigenvalue weighted by molar-refractivity contribution is 8.00. The van der Waals surface area contributed by atoms with Crippen LogP contribution in [-0.4, -0.2) is 32.1 Å². The lowest BCUT2D eigenvalue weighted by Gasteiger charge is -2.10. The molecule has 2 aromatic carbocycles. The summed E-state index contributed by atoms with van der Waals surface area (Å²) in [6, 6.07) is 15.0. The predicted molar refractivity (Wildman–Crippen MR) is 112 cm³/mol. The molecule has 0 bridgehead atoms. The average molecular weight is 395 g/mol. The van der Waals surface area contributed by atoms with Gasteiger partial charge in [0, 0.05) is 16.8 Å². The topological polar surface area (TPSA) is 87.7 Å². The van der Waals surface area contributed by atoms with E-state index in [2.05, 4.69) is 39.6 Å². The Morgan fingerprint density at radius 3 is 2.61 bits per heavy atom. The monoisotopic (exact) mass is 394 g/mol. The number of rotatable bonds is 7. The van der Waals surface area contributed by atoms with Crippen molar-refractivity contribution in [2.75, 3.05) is 5.32 Å². The minimum atomic E-state index is -0.396. The number of carbonyl (C=O) groups is 2. The van der Waals surface area contributed by atoms with Crippen LogP contribution in [0.15, 0.2) is 53.7 Å². The molecule has 7 heteroatoms. The van der Waals surface area contributed by atoms with Gasteiger partial charge in [0.25, 0.3) is 0 Å². The van der Waals surface area contributed by atoms with E-state index in [0.717, 1.165) is 12.0 Å². The zero-order valence-corrected chi connectivity index (χ0v) is 16.8. The summed E-state index contributed by atoms with van der Waals surface area (Å²) in [5, 5.41) is 10.1. The highest BCUT2D eigenvalue weighted by Gasteiger charge is 2.18. The smallest absolute Gasteiger partial charge is 0.237 e. The van der Waals surface area contributed by atoms with Crippen LogP contribution in [0.2, 0.25) is 0 Å². The minimum absolute atomic E-state index is 0.0428. The summed E-state index contributed by atoms with van der Waals surface area (Å²) in [5.74, 6) is 0.454. The zero-order chi connectivity index (χ0) is 20.1. The van der Waals surface area contributed by atoms with Gasteiger partial charge in [0.15, 0.2) is 11.6 Å². The largest absolute Gasteiger partial charge is 0.325 e. The van der Waals surface area contributed by atoms with Gasteiger partial charge in [-0.15, -0.1) is 5.10 Å². The fraction of sp³-hybridized carbons (Fsp3) is 0.238. The molecule has 0 saturated heterocycles. The molecule has 28 heavy (non-hydrogen) atoms. The van der Waals surface area contributed by atoms with Crippen molar-refractivity contribution in [3.63, 3.8) is 0 Å². The predicted octanol–water partition coefficient (Wildman–Crippen LogP) is 4.36. The molecule has 2 N–H and O–H groups in total. The standard InChI is InChI=1S/C21H22N4O2S/c1-4-15-8-10-16(11-9-15)19-23-21(25-24-19)28-14(3)20(27)22-18-7-5-6-17(12-18)13(2)26/h5-12,14H,4H2,1-3H3,(H,22,27)(H,23,24,25). The third-order valence-corrected chi connectivity index (χ3v) is 5.25. The fourth-order valence-corrected chi connectivity index (χ4v) is 3.32. The van der Waals surface area contributed by atoms with E-state index in [1.54, 1.807) is 31.2 Å². The third-order valence-electron chi connectivity index (χ3n) is 4.29. The van der Waals surface area contributed by atoms with E-state index in [1.807, 2.05) is 12.1 Å². The number of Topliss-reactive ketones (excluding diaryl/α,β-unsaturated/α-hetero) is 1. The molecular weight excluding hydrogens is 372 g/mol. The van der Waals surface area contributed by atoms with Crippen LogP contribution >= 0.6 is 11.8 Å². The molecular formula is C21H22N4O2S. The van der Waals surface area contributed by atoms with Gasteiger partial charge in [0.05, 0.1) is 5.25 Å². The van der Waals surface area contributed by atoms with Crippen LogP contribution in [0.3, 0.4) is 0 Å². The summed E-state index contributed by atoms with van der Waals surface area (Å²) >= 11 is 1.27. The van der Waals surface area contributed by atoms with Gasteiger partial charge >= 0.3 is 0 Å². The first-order chi connectivity index (χ1) is 13.5. The molecule has 0 fully saturated rings. The second-order valence-corrected chi connectivity index (χ2v) is 7.71. The van der Waals surface area contributed by atoms with Gasteiger partial charge in [-0.1, -0.05) is 55.1 Å². The van der Waals surface area contributed by atoms with Gasteiger partial charge in [0.2, 0.25) is 11.1 Å². The summed E-state index contributed by atoms with van der Waals surface area (Å²) < 4.78 is 0. The molecule has 1 heterocycles. The molecule has 0 aliphatic heterocycles. The highest BCUT2D eigenvalue weighted by Crippen LogP contribution is 2.24. The Morgan fingerprint density at radius 1 is 1.18 bits per heavy atom. The second-order valence-electron chi connectivity index (χ2n) is 6.40. The van der Waals surface area contributed by atoms with Crippen molar-refractivity contribution in [1.29, 1.82) is 0 Å².